The topological polar surface area (TPSA) is 85.1 Å². The molecule has 144 valence electrons. The van der Waals surface area contributed by atoms with Gasteiger partial charge in [-0.3, -0.25) is 14.9 Å². The van der Waals surface area contributed by atoms with Crippen molar-refractivity contribution >= 4 is 28.3 Å². The molecule has 0 saturated carbocycles. The predicted octanol–water partition coefficient (Wildman–Crippen LogP) is 4.10. The number of alkyl halides is 3. The van der Waals surface area contributed by atoms with Gasteiger partial charge < -0.3 is 5.73 Å². The number of halogens is 3. The second-order valence-corrected chi connectivity index (χ2v) is 7.01. The molecule has 1 aromatic heterocycles. The Bertz CT molecular complexity index is 997. The number of carbonyl (C=O) groups is 2. The summed E-state index contributed by atoms with van der Waals surface area (Å²) in [4.78, 5) is 28.2. The van der Waals surface area contributed by atoms with Gasteiger partial charge in [-0.15, -0.1) is 11.3 Å². The summed E-state index contributed by atoms with van der Waals surface area (Å²) < 4.78 is 37.8. The van der Waals surface area contributed by atoms with E-state index in [1.807, 2.05) is 0 Å². The highest BCUT2D eigenvalue weighted by Crippen LogP contribution is 2.30. The lowest BCUT2D eigenvalue weighted by Gasteiger charge is -2.06. The van der Waals surface area contributed by atoms with Gasteiger partial charge in [-0.2, -0.15) is 13.2 Å². The Hall–Kier alpha value is -3.20. The first-order valence-electron chi connectivity index (χ1n) is 8.04. The molecule has 2 amide bonds. The minimum atomic E-state index is -4.36. The van der Waals surface area contributed by atoms with Crippen LogP contribution in [0.25, 0.3) is 0 Å². The van der Waals surface area contributed by atoms with Crippen LogP contribution in [0.4, 0.5) is 18.3 Å². The molecule has 3 N–H and O–H groups in total. The van der Waals surface area contributed by atoms with Gasteiger partial charge in [0.25, 0.3) is 5.91 Å². The standard InChI is InChI=1S/C19H14F3N3O2S/c20-19(21,22)14-7-1-11(2-8-14)9-15-10-24-18(28-15)25-17(27)13-5-3-12(4-6-13)16(23)26/h1-8,10H,9H2,(H2,23,26)(H,24,25,27). The number of nitrogens with zero attached hydrogens (tertiary/aromatic N) is 1. The number of carbonyl (C=O) groups excluding carboxylic acids is 2. The Morgan fingerprint density at radius 2 is 1.61 bits per heavy atom. The Kier molecular flexibility index (Phi) is 5.46. The van der Waals surface area contributed by atoms with Crippen LogP contribution < -0.4 is 11.1 Å². The van der Waals surface area contributed by atoms with Crippen molar-refractivity contribution in [2.45, 2.75) is 12.6 Å². The number of rotatable bonds is 5. The van der Waals surface area contributed by atoms with Crippen LogP contribution in [0.3, 0.4) is 0 Å². The first-order chi connectivity index (χ1) is 13.2. The van der Waals surface area contributed by atoms with E-state index in [1.165, 1.54) is 47.7 Å². The smallest absolute Gasteiger partial charge is 0.366 e. The first-order valence-corrected chi connectivity index (χ1v) is 8.86. The summed E-state index contributed by atoms with van der Waals surface area (Å²) in [6.45, 7) is 0. The average Bonchev–Trinajstić information content (AvgIpc) is 3.08. The van der Waals surface area contributed by atoms with Gasteiger partial charge in [-0.25, -0.2) is 4.98 Å². The Balaban J connectivity index is 1.63. The van der Waals surface area contributed by atoms with Gasteiger partial charge in [-0.05, 0) is 42.0 Å². The van der Waals surface area contributed by atoms with E-state index in [4.69, 9.17) is 5.73 Å². The van der Waals surface area contributed by atoms with Gasteiger partial charge in [0.15, 0.2) is 5.13 Å². The number of amides is 2. The van der Waals surface area contributed by atoms with Crippen LogP contribution in [0, 0.1) is 0 Å². The fourth-order valence-electron chi connectivity index (χ4n) is 2.41. The molecular formula is C19H14F3N3O2S. The lowest BCUT2D eigenvalue weighted by atomic mass is 10.1. The van der Waals surface area contributed by atoms with E-state index in [9.17, 15) is 22.8 Å². The van der Waals surface area contributed by atoms with E-state index in [0.717, 1.165) is 17.0 Å². The number of thiazole rings is 1. The number of primary amides is 1. The van der Waals surface area contributed by atoms with E-state index in [2.05, 4.69) is 10.3 Å². The van der Waals surface area contributed by atoms with Crippen molar-refractivity contribution < 1.29 is 22.8 Å². The average molecular weight is 405 g/mol. The minimum Gasteiger partial charge on any atom is -0.366 e. The fraction of sp³-hybridized carbons (Fsp3) is 0.105. The second kappa shape index (κ2) is 7.81. The van der Waals surface area contributed by atoms with Crippen LogP contribution in [0.1, 0.15) is 36.7 Å². The summed E-state index contributed by atoms with van der Waals surface area (Å²) in [6, 6.07) is 10.8. The second-order valence-electron chi connectivity index (χ2n) is 5.90. The molecule has 0 fully saturated rings. The van der Waals surface area contributed by atoms with Gasteiger partial charge in [0, 0.05) is 28.6 Å². The Morgan fingerprint density at radius 3 is 2.18 bits per heavy atom. The molecule has 0 aliphatic rings. The third-order valence-electron chi connectivity index (χ3n) is 3.87. The third-order valence-corrected chi connectivity index (χ3v) is 4.78. The SMILES string of the molecule is NC(=O)c1ccc(C(=O)Nc2ncc(Cc3ccc(C(F)(F)F)cc3)s2)cc1. The molecule has 3 rings (SSSR count). The molecule has 0 radical (unpaired) electrons. The van der Waals surface area contributed by atoms with Crippen molar-refractivity contribution in [1.82, 2.24) is 4.98 Å². The van der Waals surface area contributed by atoms with Gasteiger partial charge in [-0.1, -0.05) is 12.1 Å². The maximum Gasteiger partial charge on any atom is 0.416 e. The number of hydrogen-bond acceptors (Lipinski definition) is 4. The molecule has 0 aliphatic carbocycles. The lowest BCUT2D eigenvalue weighted by molar-refractivity contribution is -0.137. The molecular weight excluding hydrogens is 391 g/mol. The zero-order valence-corrected chi connectivity index (χ0v) is 15.1. The normalized spacial score (nSPS) is 11.2. The summed E-state index contributed by atoms with van der Waals surface area (Å²) in [5.74, 6) is -0.980. The van der Waals surface area contributed by atoms with Gasteiger partial charge in [0.05, 0.1) is 5.56 Å². The summed E-state index contributed by atoms with van der Waals surface area (Å²) in [5.41, 5.74) is 5.80. The molecule has 3 aromatic rings. The summed E-state index contributed by atoms with van der Waals surface area (Å²) >= 11 is 1.23. The fourth-order valence-corrected chi connectivity index (χ4v) is 3.26. The molecule has 5 nitrogen and oxygen atoms in total. The molecule has 0 bridgehead atoms. The maximum atomic E-state index is 12.6. The van der Waals surface area contributed by atoms with Crippen LogP contribution in [0.2, 0.25) is 0 Å². The van der Waals surface area contributed by atoms with E-state index >= 15 is 0 Å². The maximum absolute atomic E-state index is 12.6. The van der Waals surface area contributed by atoms with E-state index in [1.54, 1.807) is 6.20 Å². The number of benzene rings is 2. The molecule has 0 spiro atoms. The van der Waals surface area contributed by atoms with Crippen molar-refractivity contribution in [2.75, 3.05) is 5.32 Å². The quantitative estimate of drug-likeness (QED) is 0.670. The number of aromatic nitrogens is 1. The molecule has 28 heavy (non-hydrogen) atoms. The van der Waals surface area contributed by atoms with Gasteiger partial charge in [0.2, 0.25) is 5.91 Å². The zero-order chi connectivity index (χ0) is 20.3. The third kappa shape index (κ3) is 4.74. The van der Waals surface area contributed by atoms with Crippen molar-refractivity contribution in [3.8, 4) is 0 Å². The number of nitrogens with two attached hydrogens (primary N) is 1. The first kappa shape index (κ1) is 19.6. The van der Waals surface area contributed by atoms with Crippen LogP contribution >= 0.6 is 11.3 Å². The predicted molar refractivity (Wildman–Crippen MR) is 99.3 cm³/mol. The van der Waals surface area contributed by atoms with Crippen molar-refractivity contribution in [2.24, 2.45) is 5.73 Å². The molecule has 0 unspecified atom stereocenters. The lowest BCUT2D eigenvalue weighted by Crippen LogP contribution is -2.13. The highest BCUT2D eigenvalue weighted by Gasteiger charge is 2.29. The van der Waals surface area contributed by atoms with Crippen LogP contribution in [-0.2, 0) is 12.6 Å². The zero-order valence-electron chi connectivity index (χ0n) is 14.3. The highest BCUT2D eigenvalue weighted by molar-refractivity contribution is 7.15. The number of hydrogen-bond donors (Lipinski definition) is 2. The largest absolute Gasteiger partial charge is 0.416 e. The highest BCUT2D eigenvalue weighted by atomic mass is 32.1. The molecule has 2 aromatic carbocycles. The molecule has 0 atom stereocenters. The van der Waals surface area contributed by atoms with Gasteiger partial charge in [0.1, 0.15) is 0 Å². The summed E-state index contributed by atoms with van der Waals surface area (Å²) in [7, 11) is 0. The van der Waals surface area contributed by atoms with Crippen molar-refractivity contribution in [3.63, 3.8) is 0 Å². The van der Waals surface area contributed by atoms with Crippen LogP contribution in [0.15, 0.2) is 54.7 Å². The van der Waals surface area contributed by atoms with E-state index in [0.29, 0.717) is 28.2 Å². The number of nitrogens with one attached hydrogen (secondary N) is 1. The molecule has 1 heterocycles. The molecule has 9 heteroatoms. The monoisotopic (exact) mass is 405 g/mol. The van der Waals surface area contributed by atoms with Crippen LogP contribution in [0.5, 0.6) is 0 Å². The molecule has 0 saturated heterocycles. The van der Waals surface area contributed by atoms with Gasteiger partial charge >= 0.3 is 6.18 Å². The summed E-state index contributed by atoms with van der Waals surface area (Å²) in [5, 5.41) is 3.01. The number of anilines is 1. The Morgan fingerprint density at radius 1 is 1.00 bits per heavy atom. The van der Waals surface area contributed by atoms with Crippen molar-refractivity contribution in [3.05, 3.63) is 81.9 Å². The summed E-state index contributed by atoms with van der Waals surface area (Å²) in [6.07, 6.45) is -2.40. The minimum absolute atomic E-state index is 0.296. The Labute approximate surface area is 162 Å². The van der Waals surface area contributed by atoms with Crippen molar-refractivity contribution in [1.29, 1.82) is 0 Å². The van der Waals surface area contributed by atoms with Crippen LogP contribution in [-0.4, -0.2) is 16.8 Å². The molecule has 0 aliphatic heterocycles. The van der Waals surface area contributed by atoms with E-state index < -0.39 is 23.6 Å². The van der Waals surface area contributed by atoms with E-state index in [-0.39, 0.29) is 0 Å².